The molecular weight excluding hydrogens is 344 g/mol. The van der Waals surface area contributed by atoms with Crippen LogP contribution in [0.25, 0.3) is 32.9 Å². The van der Waals surface area contributed by atoms with Crippen LogP contribution in [-0.2, 0) is 6.54 Å². The molecule has 0 bridgehead atoms. The molecule has 1 radical (unpaired) electrons. The molecule has 1 fully saturated rings. The average Bonchev–Trinajstić information content (AvgIpc) is 3.35. The number of amides is 1. The van der Waals surface area contributed by atoms with Gasteiger partial charge in [-0.05, 0) is 60.2 Å². The van der Waals surface area contributed by atoms with Gasteiger partial charge in [0, 0.05) is 28.4 Å². The molecule has 3 heteroatoms. The summed E-state index contributed by atoms with van der Waals surface area (Å²) in [5, 5.41) is 1.92. The first kappa shape index (κ1) is 17.1. The van der Waals surface area contributed by atoms with Gasteiger partial charge in [-0.25, -0.2) is 0 Å². The van der Waals surface area contributed by atoms with Gasteiger partial charge in [-0.15, -0.1) is 0 Å². The number of nitrogens with zero attached hydrogens (tertiary/aromatic N) is 1. The first-order valence-electron chi connectivity index (χ1n) is 10.0. The molecular formula is C25H23N2O. The standard InChI is InChI=1S/C25H23N2O/c26-25(28)21-11-6-12-22-24(21)20-14-13-19(18-9-2-1-3-10-18)15-23(20)27(22)16-17-7-4-5-8-17/h1-3,6,9-13,15,17H,4-5,7-8,16H2,(H2,26,28). The number of nitrogens with two attached hydrogens (primary N) is 1. The normalized spacial score (nSPS) is 14.9. The number of hydrogen-bond acceptors (Lipinski definition) is 1. The monoisotopic (exact) mass is 367 g/mol. The van der Waals surface area contributed by atoms with Crippen LogP contribution in [-0.4, -0.2) is 10.5 Å². The van der Waals surface area contributed by atoms with E-state index in [1.54, 1.807) is 0 Å². The minimum atomic E-state index is -0.383. The van der Waals surface area contributed by atoms with Crippen LogP contribution in [0, 0.1) is 12.0 Å². The molecule has 0 unspecified atom stereocenters. The van der Waals surface area contributed by atoms with Crippen molar-refractivity contribution in [2.24, 2.45) is 11.7 Å². The minimum Gasteiger partial charge on any atom is -0.366 e. The van der Waals surface area contributed by atoms with Crippen molar-refractivity contribution in [3.8, 4) is 11.1 Å². The number of carbonyl (C=O) groups excluding carboxylic acids is 1. The lowest BCUT2D eigenvalue weighted by Gasteiger charge is -2.14. The van der Waals surface area contributed by atoms with Crippen molar-refractivity contribution >= 4 is 27.7 Å². The van der Waals surface area contributed by atoms with E-state index in [0.29, 0.717) is 11.5 Å². The van der Waals surface area contributed by atoms with Gasteiger partial charge in [0.2, 0.25) is 5.91 Å². The third kappa shape index (κ3) is 2.78. The predicted octanol–water partition coefficient (Wildman–Crippen LogP) is 5.55. The van der Waals surface area contributed by atoms with E-state index in [9.17, 15) is 4.79 Å². The highest BCUT2D eigenvalue weighted by Gasteiger charge is 2.21. The fourth-order valence-corrected chi connectivity index (χ4v) is 4.71. The summed E-state index contributed by atoms with van der Waals surface area (Å²) in [6.07, 6.45) is 5.18. The Hall–Kier alpha value is -3.07. The van der Waals surface area contributed by atoms with Crippen molar-refractivity contribution in [1.82, 2.24) is 4.57 Å². The van der Waals surface area contributed by atoms with Gasteiger partial charge in [0.15, 0.2) is 0 Å². The van der Waals surface area contributed by atoms with Gasteiger partial charge < -0.3 is 10.3 Å². The maximum absolute atomic E-state index is 12.1. The molecule has 1 amide bonds. The minimum absolute atomic E-state index is 0.383. The maximum atomic E-state index is 12.1. The highest BCUT2D eigenvalue weighted by Crippen LogP contribution is 2.36. The Balaban J connectivity index is 1.78. The molecule has 2 N–H and O–H groups in total. The molecule has 3 aromatic carbocycles. The van der Waals surface area contributed by atoms with Crippen LogP contribution >= 0.6 is 0 Å². The van der Waals surface area contributed by atoms with Crippen LogP contribution in [0.3, 0.4) is 0 Å². The molecule has 28 heavy (non-hydrogen) atoms. The van der Waals surface area contributed by atoms with Crippen LogP contribution in [0.15, 0.2) is 60.7 Å². The molecule has 5 rings (SSSR count). The zero-order valence-electron chi connectivity index (χ0n) is 15.8. The SMILES string of the molecule is NC(=O)c1cccc2c1c1[c]cc(-c3ccccc3)cc1n2CC1CCCC1. The van der Waals surface area contributed by atoms with Gasteiger partial charge in [-0.2, -0.15) is 0 Å². The smallest absolute Gasteiger partial charge is 0.249 e. The molecule has 1 aliphatic rings. The van der Waals surface area contributed by atoms with E-state index in [0.717, 1.165) is 33.9 Å². The fraction of sp³-hybridized carbons (Fsp3) is 0.240. The van der Waals surface area contributed by atoms with Crippen molar-refractivity contribution in [3.63, 3.8) is 0 Å². The summed E-state index contributed by atoms with van der Waals surface area (Å²) < 4.78 is 2.38. The third-order valence-electron chi connectivity index (χ3n) is 6.08. The van der Waals surface area contributed by atoms with Crippen LogP contribution < -0.4 is 5.73 Å². The second-order valence-electron chi connectivity index (χ2n) is 7.84. The van der Waals surface area contributed by atoms with Gasteiger partial charge >= 0.3 is 0 Å². The number of carbonyl (C=O) groups is 1. The lowest BCUT2D eigenvalue weighted by Crippen LogP contribution is -2.11. The molecule has 1 saturated carbocycles. The first-order chi connectivity index (χ1) is 13.7. The van der Waals surface area contributed by atoms with E-state index in [-0.39, 0.29) is 5.91 Å². The second-order valence-corrected chi connectivity index (χ2v) is 7.84. The van der Waals surface area contributed by atoms with E-state index in [1.165, 1.54) is 31.2 Å². The summed E-state index contributed by atoms with van der Waals surface area (Å²) in [7, 11) is 0. The fourth-order valence-electron chi connectivity index (χ4n) is 4.71. The molecule has 139 valence electrons. The van der Waals surface area contributed by atoms with Crippen molar-refractivity contribution in [1.29, 1.82) is 0 Å². The van der Waals surface area contributed by atoms with Gasteiger partial charge in [-0.3, -0.25) is 4.79 Å². The first-order valence-corrected chi connectivity index (χ1v) is 10.0. The van der Waals surface area contributed by atoms with Crippen LogP contribution in [0.4, 0.5) is 0 Å². The van der Waals surface area contributed by atoms with Gasteiger partial charge in [0.25, 0.3) is 0 Å². The lowest BCUT2D eigenvalue weighted by atomic mass is 10.0. The number of hydrogen-bond donors (Lipinski definition) is 1. The Morgan fingerprint density at radius 1 is 1.00 bits per heavy atom. The number of rotatable bonds is 4. The molecule has 1 heterocycles. The number of benzene rings is 3. The molecule has 0 aliphatic heterocycles. The summed E-state index contributed by atoms with van der Waals surface area (Å²) in [6, 6.07) is 24.0. The van der Waals surface area contributed by atoms with Gasteiger partial charge in [0.1, 0.15) is 0 Å². The number of aromatic nitrogens is 1. The Morgan fingerprint density at radius 2 is 1.79 bits per heavy atom. The van der Waals surface area contributed by atoms with E-state index in [1.807, 2.05) is 24.3 Å². The number of primary amides is 1. The van der Waals surface area contributed by atoms with Gasteiger partial charge in [-0.1, -0.05) is 49.2 Å². The van der Waals surface area contributed by atoms with Crippen molar-refractivity contribution in [2.75, 3.05) is 0 Å². The van der Waals surface area contributed by atoms with E-state index in [2.05, 4.69) is 47.0 Å². The molecule has 0 atom stereocenters. The molecule has 1 aromatic heterocycles. The lowest BCUT2D eigenvalue weighted by molar-refractivity contribution is 0.100. The van der Waals surface area contributed by atoms with Crippen LogP contribution in [0.2, 0.25) is 0 Å². The van der Waals surface area contributed by atoms with Crippen molar-refractivity contribution in [2.45, 2.75) is 32.2 Å². The quantitative estimate of drug-likeness (QED) is 0.505. The van der Waals surface area contributed by atoms with E-state index in [4.69, 9.17) is 5.73 Å². The molecule has 4 aromatic rings. The highest BCUT2D eigenvalue weighted by molar-refractivity contribution is 6.18. The van der Waals surface area contributed by atoms with E-state index < -0.39 is 0 Å². The Bertz CT molecular complexity index is 1170. The zero-order chi connectivity index (χ0) is 19.1. The largest absolute Gasteiger partial charge is 0.366 e. The molecule has 0 saturated heterocycles. The number of fused-ring (bicyclic) bond motifs is 3. The molecule has 3 nitrogen and oxygen atoms in total. The predicted molar refractivity (Wildman–Crippen MR) is 114 cm³/mol. The molecule has 1 aliphatic carbocycles. The topological polar surface area (TPSA) is 48.0 Å². The van der Waals surface area contributed by atoms with Crippen LogP contribution in [0.1, 0.15) is 36.0 Å². The second kappa shape index (κ2) is 6.83. The Labute approximate surface area is 164 Å². The summed E-state index contributed by atoms with van der Waals surface area (Å²) in [4.78, 5) is 12.1. The van der Waals surface area contributed by atoms with E-state index >= 15 is 0 Å². The zero-order valence-corrected chi connectivity index (χ0v) is 15.8. The third-order valence-corrected chi connectivity index (χ3v) is 6.08. The average molecular weight is 367 g/mol. The summed E-state index contributed by atoms with van der Waals surface area (Å²) in [6.45, 7) is 0.980. The Morgan fingerprint density at radius 3 is 2.54 bits per heavy atom. The highest BCUT2D eigenvalue weighted by atomic mass is 16.1. The molecule has 0 spiro atoms. The Kier molecular flexibility index (Phi) is 4.16. The van der Waals surface area contributed by atoms with Crippen molar-refractivity contribution < 1.29 is 4.79 Å². The summed E-state index contributed by atoms with van der Waals surface area (Å²) in [5.74, 6) is 0.308. The summed E-state index contributed by atoms with van der Waals surface area (Å²) in [5.41, 5.74) is 10.8. The van der Waals surface area contributed by atoms with Crippen molar-refractivity contribution in [3.05, 3.63) is 72.3 Å². The maximum Gasteiger partial charge on any atom is 0.249 e. The summed E-state index contributed by atoms with van der Waals surface area (Å²) >= 11 is 0. The van der Waals surface area contributed by atoms with Gasteiger partial charge in [0.05, 0.1) is 5.52 Å². The van der Waals surface area contributed by atoms with Crippen LogP contribution in [0.5, 0.6) is 0 Å².